The predicted molar refractivity (Wildman–Crippen MR) is 54.9 cm³/mol. The number of rotatable bonds is 0. The van der Waals surface area contributed by atoms with Crippen molar-refractivity contribution in [2.45, 2.75) is 52.6 Å². The van der Waals surface area contributed by atoms with Crippen molar-refractivity contribution in [3.05, 3.63) is 0 Å². The molecular formula is C12H20O2. The molecule has 1 N–H and O–H groups in total. The summed E-state index contributed by atoms with van der Waals surface area (Å²) in [5.41, 5.74) is -0.220. The van der Waals surface area contributed by atoms with Crippen molar-refractivity contribution in [2.75, 3.05) is 0 Å². The molecule has 2 aliphatic rings. The number of ketones is 1. The third kappa shape index (κ3) is 1.10. The first kappa shape index (κ1) is 10.2. The Bertz CT molecular complexity index is 269. The highest BCUT2D eigenvalue weighted by Gasteiger charge is 2.58. The average molecular weight is 196 g/mol. The number of carbonyl (C=O) groups excluding carboxylic acids is 1. The molecule has 0 amide bonds. The van der Waals surface area contributed by atoms with E-state index in [1.54, 1.807) is 0 Å². The van der Waals surface area contributed by atoms with Crippen molar-refractivity contribution in [3.63, 3.8) is 0 Å². The van der Waals surface area contributed by atoms with Gasteiger partial charge in [0.1, 0.15) is 5.78 Å². The molecule has 0 heterocycles. The normalized spacial score (nSPS) is 46.4. The van der Waals surface area contributed by atoms with E-state index in [0.29, 0.717) is 12.3 Å². The molecule has 2 nitrogen and oxygen atoms in total. The summed E-state index contributed by atoms with van der Waals surface area (Å²) in [5.74, 6) is 0.661. The molecule has 2 heteroatoms. The third-order valence-electron chi connectivity index (χ3n) is 4.68. The number of hydrogen-bond acceptors (Lipinski definition) is 2. The highest BCUT2D eigenvalue weighted by atomic mass is 16.3. The van der Waals surface area contributed by atoms with Gasteiger partial charge in [0.2, 0.25) is 0 Å². The fraction of sp³-hybridized carbons (Fsp3) is 0.917. The molecule has 3 atom stereocenters. The zero-order valence-corrected chi connectivity index (χ0v) is 9.34. The van der Waals surface area contributed by atoms with Crippen molar-refractivity contribution in [1.29, 1.82) is 0 Å². The third-order valence-corrected chi connectivity index (χ3v) is 4.68. The Morgan fingerprint density at radius 1 is 1.29 bits per heavy atom. The van der Waals surface area contributed by atoms with Crippen LogP contribution in [0.4, 0.5) is 0 Å². The maximum absolute atomic E-state index is 11.9. The van der Waals surface area contributed by atoms with E-state index < -0.39 is 11.5 Å². The second-order valence-corrected chi connectivity index (χ2v) is 5.84. The van der Waals surface area contributed by atoms with E-state index in [1.165, 1.54) is 0 Å². The fourth-order valence-electron chi connectivity index (χ4n) is 3.64. The molecule has 0 bridgehead atoms. The Kier molecular flexibility index (Phi) is 2.04. The maximum Gasteiger partial charge on any atom is 0.141 e. The number of aliphatic hydroxyl groups is 1. The average Bonchev–Trinajstić information content (AvgIpc) is 2.40. The summed E-state index contributed by atoms with van der Waals surface area (Å²) in [6.45, 7) is 6.44. The molecule has 3 unspecified atom stereocenters. The first-order valence-electron chi connectivity index (χ1n) is 5.60. The van der Waals surface area contributed by atoms with Crippen LogP contribution in [0.1, 0.15) is 46.5 Å². The Hall–Kier alpha value is -0.370. The molecule has 0 aromatic rings. The van der Waals surface area contributed by atoms with Crippen molar-refractivity contribution < 1.29 is 9.90 Å². The van der Waals surface area contributed by atoms with Gasteiger partial charge in [0, 0.05) is 6.42 Å². The molecule has 0 spiro atoms. The highest BCUT2D eigenvalue weighted by Crippen LogP contribution is 2.57. The van der Waals surface area contributed by atoms with Gasteiger partial charge in [-0.2, -0.15) is 0 Å². The van der Waals surface area contributed by atoms with Crippen LogP contribution in [0.3, 0.4) is 0 Å². The molecule has 0 aliphatic heterocycles. The van der Waals surface area contributed by atoms with E-state index in [9.17, 15) is 9.90 Å². The van der Waals surface area contributed by atoms with Gasteiger partial charge < -0.3 is 5.11 Å². The Morgan fingerprint density at radius 3 is 2.50 bits per heavy atom. The van der Waals surface area contributed by atoms with Crippen LogP contribution < -0.4 is 0 Å². The van der Waals surface area contributed by atoms with Crippen molar-refractivity contribution >= 4 is 5.78 Å². The number of aliphatic hydroxyl groups excluding tert-OH is 1. The minimum Gasteiger partial charge on any atom is -0.392 e. The summed E-state index contributed by atoms with van der Waals surface area (Å²) >= 11 is 0. The van der Waals surface area contributed by atoms with Gasteiger partial charge >= 0.3 is 0 Å². The minimum atomic E-state index is -0.443. The monoisotopic (exact) mass is 196 g/mol. The summed E-state index contributed by atoms with van der Waals surface area (Å²) in [6.07, 6.45) is 3.06. The van der Waals surface area contributed by atoms with Crippen LogP contribution in [0.15, 0.2) is 0 Å². The number of hydrogen-bond donors (Lipinski definition) is 1. The molecule has 0 radical (unpaired) electrons. The van der Waals surface area contributed by atoms with Crippen LogP contribution >= 0.6 is 0 Å². The Balaban J connectivity index is 2.40. The van der Waals surface area contributed by atoms with Gasteiger partial charge in [-0.15, -0.1) is 0 Å². The fourth-order valence-corrected chi connectivity index (χ4v) is 3.64. The molecule has 80 valence electrons. The largest absolute Gasteiger partial charge is 0.392 e. The van der Waals surface area contributed by atoms with Crippen LogP contribution in [0.5, 0.6) is 0 Å². The number of Topliss-reactive ketones (excluding diaryl/α,β-unsaturated/α-hetero) is 1. The zero-order valence-electron chi connectivity index (χ0n) is 9.34. The van der Waals surface area contributed by atoms with E-state index in [1.807, 2.05) is 6.92 Å². The standard InChI is InChI=1S/C12H20O2/c1-11(2)7-6-10(14)12(3)8(11)4-5-9(12)13/h8,10,14H,4-7H2,1-3H3. The van der Waals surface area contributed by atoms with Crippen molar-refractivity contribution in [2.24, 2.45) is 16.7 Å². The van der Waals surface area contributed by atoms with Gasteiger partial charge in [0.15, 0.2) is 0 Å². The van der Waals surface area contributed by atoms with Crippen molar-refractivity contribution in [3.8, 4) is 0 Å². The maximum atomic E-state index is 11.9. The summed E-state index contributed by atoms with van der Waals surface area (Å²) < 4.78 is 0. The van der Waals surface area contributed by atoms with E-state index in [4.69, 9.17) is 0 Å². The molecule has 14 heavy (non-hydrogen) atoms. The van der Waals surface area contributed by atoms with E-state index in [0.717, 1.165) is 19.3 Å². The number of carbonyl (C=O) groups is 1. The Morgan fingerprint density at radius 2 is 1.93 bits per heavy atom. The van der Waals surface area contributed by atoms with E-state index in [-0.39, 0.29) is 11.2 Å². The lowest BCUT2D eigenvalue weighted by Gasteiger charge is -2.48. The summed E-state index contributed by atoms with van der Waals surface area (Å²) in [7, 11) is 0. The van der Waals surface area contributed by atoms with Crippen LogP contribution in [0, 0.1) is 16.7 Å². The molecule has 0 aromatic heterocycles. The van der Waals surface area contributed by atoms with Gasteiger partial charge in [-0.05, 0) is 37.5 Å². The van der Waals surface area contributed by atoms with Crippen LogP contribution in [-0.4, -0.2) is 17.0 Å². The highest BCUT2D eigenvalue weighted by molar-refractivity contribution is 5.87. The first-order chi connectivity index (χ1) is 6.39. The summed E-state index contributed by atoms with van der Waals surface area (Å²) in [6, 6.07) is 0. The molecule has 2 fully saturated rings. The van der Waals surface area contributed by atoms with E-state index >= 15 is 0 Å². The topological polar surface area (TPSA) is 37.3 Å². The van der Waals surface area contributed by atoms with Crippen LogP contribution in [0.2, 0.25) is 0 Å². The quantitative estimate of drug-likeness (QED) is 0.644. The molecule has 2 saturated carbocycles. The van der Waals surface area contributed by atoms with Crippen LogP contribution in [0.25, 0.3) is 0 Å². The summed E-state index contributed by atoms with van der Waals surface area (Å²) in [4.78, 5) is 11.9. The SMILES string of the molecule is CC1(C)CCC(O)C2(C)C(=O)CCC12. The molecular weight excluding hydrogens is 176 g/mol. The van der Waals surface area contributed by atoms with Gasteiger partial charge in [0.05, 0.1) is 11.5 Å². The van der Waals surface area contributed by atoms with Gasteiger partial charge in [-0.1, -0.05) is 13.8 Å². The molecule has 2 aliphatic carbocycles. The van der Waals surface area contributed by atoms with Gasteiger partial charge in [0.25, 0.3) is 0 Å². The number of fused-ring (bicyclic) bond motifs is 1. The summed E-state index contributed by atoms with van der Waals surface area (Å²) in [5, 5.41) is 10.0. The lowest BCUT2D eigenvalue weighted by Crippen LogP contribution is -2.50. The smallest absolute Gasteiger partial charge is 0.141 e. The minimum absolute atomic E-state index is 0.222. The van der Waals surface area contributed by atoms with E-state index in [2.05, 4.69) is 13.8 Å². The van der Waals surface area contributed by atoms with Gasteiger partial charge in [-0.25, -0.2) is 0 Å². The lowest BCUT2D eigenvalue weighted by atomic mass is 9.56. The first-order valence-corrected chi connectivity index (χ1v) is 5.60. The lowest BCUT2D eigenvalue weighted by molar-refractivity contribution is -0.143. The zero-order chi connectivity index (χ0) is 10.6. The predicted octanol–water partition coefficient (Wildman–Crippen LogP) is 2.15. The molecule has 0 aromatic carbocycles. The molecule has 2 rings (SSSR count). The van der Waals surface area contributed by atoms with Crippen LogP contribution in [-0.2, 0) is 4.79 Å². The molecule has 0 saturated heterocycles. The van der Waals surface area contributed by atoms with Crippen molar-refractivity contribution in [1.82, 2.24) is 0 Å². The second kappa shape index (κ2) is 2.82. The Labute approximate surface area is 85.7 Å². The van der Waals surface area contributed by atoms with Gasteiger partial charge in [-0.3, -0.25) is 4.79 Å². The second-order valence-electron chi connectivity index (χ2n) is 5.84.